The van der Waals surface area contributed by atoms with Crippen LogP contribution in [0.15, 0.2) is 18.2 Å². The van der Waals surface area contributed by atoms with Crippen LogP contribution in [0, 0.1) is 19.8 Å². The average Bonchev–Trinajstić information content (AvgIpc) is 2.37. The Morgan fingerprint density at radius 2 is 2.00 bits per heavy atom. The number of aliphatic hydroxyl groups excluding tert-OH is 1. The van der Waals surface area contributed by atoms with Gasteiger partial charge in [0, 0.05) is 5.56 Å². The number of hydrogen-bond donors (Lipinski definition) is 2. The molecule has 1 rings (SSSR count). The maximum Gasteiger partial charge on any atom is 0.251 e. The normalized spacial score (nSPS) is 14.1. The van der Waals surface area contributed by atoms with Crippen LogP contribution in [0.5, 0.6) is 0 Å². The Hall–Kier alpha value is -1.35. The van der Waals surface area contributed by atoms with Crippen molar-refractivity contribution in [3.8, 4) is 0 Å². The highest BCUT2D eigenvalue weighted by Crippen LogP contribution is 2.12. The van der Waals surface area contributed by atoms with E-state index < -0.39 is 0 Å². The van der Waals surface area contributed by atoms with Crippen LogP contribution in [-0.2, 0) is 0 Å². The number of hydrogen-bond acceptors (Lipinski definition) is 2. The topological polar surface area (TPSA) is 49.3 Å². The van der Waals surface area contributed by atoms with Crippen LogP contribution in [-0.4, -0.2) is 23.7 Å². The lowest BCUT2D eigenvalue weighted by atomic mass is 9.99. The molecule has 0 fully saturated rings. The average molecular weight is 249 g/mol. The Morgan fingerprint density at radius 3 is 2.50 bits per heavy atom. The van der Waals surface area contributed by atoms with E-state index in [1.807, 2.05) is 39.0 Å². The van der Waals surface area contributed by atoms with Gasteiger partial charge in [-0.25, -0.2) is 0 Å². The smallest absolute Gasteiger partial charge is 0.251 e. The summed E-state index contributed by atoms with van der Waals surface area (Å²) >= 11 is 0. The van der Waals surface area contributed by atoms with E-state index in [1.165, 1.54) is 5.56 Å². The van der Waals surface area contributed by atoms with Crippen molar-refractivity contribution in [2.24, 2.45) is 5.92 Å². The summed E-state index contributed by atoms with van der Waals surface area (Å²) in [5.41, 5.74) is 2.93. The number of aliphatic hydroxyl groups is 1. The highest BCUT2D eigenvalue weighted by molar-refractivity contribution is 5.94. The van der Waals surface area contributed by atoms with Gasteiger partial charge in [-0.3, -0.25) is 4.79 Å². The first kappa shape index (κ1) is 14.7. The molecule has 0 unspecified atom stereocenters. The molecule has 0 spiro atoms. The van der Waals surface area contributed by atoms with Gasteiger partial charge in [0.05, 0.1) is 12.6 Å². The van der Waals surface area contributed by atoms with E-state index in [9.17, 15) is 9.90 Å². The predicted octanol–water partition coefficient (Wildman–Crippen LogP) is 2.44. The van der Waals surface area contributed by atoms with Gasteiger partial charge >= 0.3 is 0 Å². The third-order valence-corrected chi connectivity index (χ3v) is 3.61. The van der Waals surface area contributed by atoms with Crippen LogP contribution in [0.2, 0.25) is 0 Å². The Kier molecular flexibility index (Phi) is 5.35. The number of rotatable bonds is 5. The molecule has 0 aliphatic heterocycles. The number of aryl methyl sites for hydroxylation is 2. The van der Waals surface area contributed by atoms with Crippen molar-refractivity contribution in [2.45, 2.75) is 40.2 Å². The van der Waals surface area contributed by atoms with Crippen molar-refractivity contribution in [3.05, 3.63) is 34.9 Å². The first-order valence-electron chi connectivity index (χ1n) is 6.48. The van der Waals surface area contributed by atoms with Crippen molar-refractivity contribution in [1.29, 1.82) is 0 Å². The minimum absolute atomic E-state index is 0.0222. The van der Waals surface area contributed by atoms with E-state index >= 15 is 0 Å². The van der Waals surface area contributed by atoms with Gasteiger partial charge in [0.15, 0.2) is 0 Å². The Balaban J connectivity index is 2.77. The zero-order chi connectivity index (χ0) is 13.7. The molecular weight excluding hydrogens is 226 g/mol. The van der Waals surface area contributed by atoms with Gasteiger partial charge in [0.2, 0.25) is 0 Å². The van der Waals surface area contributed by atoms with Crippen LogP contribution < -0.4 is 5.32 Å². The summed E-state index contributed by atoms with van der Waals surface area (Å²) in [6.45, 7) is 8.07. The van der Waals surface area contributed by atoms with Gasteiger partial charge in [-0.15, -0.1) is 0 Å². The summed E-state index contributed by atoms with van der Waals surface area (Å²) in [7, 11) is 0. The van der Waals surface area contributed by atoms with E-state index in [0.717, 1.165) is 12.0 Å². The molecule has 0 radical (unpaired) electrons. The van der Waals surface area contributed by atoms with Gasteiger partial charge in [-0.05, 0) is 43.0 Å². The quantitative estimate of drug-likeness (QED) is 0.842. The molecule has 2 N–H and O–H groups in total. The molecule has 0 heterocycles. The maximum atomic E-state index is 12.1. The molecular formula is C15H23NO2. The molecule has 0 aromatic heterocycles. The van der Waals surface area contributed by atoms with Crippen molar-refractivity contribution in [3.63, 3.8) is 0 Å². The Labute approximate surface area is 109 Å². The molecule has 0 aliphatic rings. The molecule has 3 nitrogen and oxygen atoms in total. The fourth-order valence-electron chi connectivity index (χ4n) is 1.79. The Morgan fingerprint density at radius 1 is 1.33 bits per heavy atom. The summed E-state index contributed by atoms with van der Waals surface area (Å²) < 4.78 is 0. The molecule has 1 aromatic carbocycles. The number of benzene rings is 1. The van der Waals surface area contributed by atoms with Crippen LogP contribution in [0.1, 0.15) is 41.8 Å². The lowest BCUT2D eigenvalue weighted by molar-refractivity contribution is 0.0891. The minimum Gasteiger partial charge on any atom is -0.394 e. The fraction of sp³-hybridized carbons (Fsp3) is 0.533. The number of amides is 1. The molecule has 0 bridgehead atoms. The van der Waals surface area contributed by atoms with Gasteiger partial charge < -0.3 is 10.4 Å². The SMILES string of the molecule is CC[C@H](C)[C@@H](CO)NC(=O)c1ccc(C)c(C)c1. The third-order valence-electron chi connectivity index (χ3n) is 3.61. The van der Waals surface area contributed by atoms with Crippen molar-refractivity contribution < 1.29 is 9.90 Å². The van der Waals surface area contributed by atoms with E-state index in [2.05, 4.69) is 12.2 Å². The standard InChI is InChI=1S/C15H23NO2/c1-5-10(2)14(9-17)16-15(18)13-7-6-11(3)12(4)8-13/h6-8,10,14,17H,5,9H2,1-4H3,(H,16,18)/t10-,14+/m0/s1. The fourth-order valence-corrected chi connectivity index (χ4v) is 1.79. The van der Waals surface area contributed by atoms with Crippen LogP contribution >= 0.6 is 0 Å². The largest absolute Gasteiger partial charge is 0.394 e. The molecule has 1 amide bonds. The van der Waals surface area contributed by atoms with Crippen molar-refractivity contribution >= 4 is 5.91 Å². The molecule has 1 aromatic rings. The zero-order valence-electron chi connectivity index (χ0n) is 11.7. The highest BCUT2D eigenvalue weighted by atomic mass is 16.3. The molecule has 0 saturated heterocycles. The summed E-state index contributed by atoms with van der Waals surface area (Å²) in [6, 6.07) is 5.48. The first-order valence-corrected chi connectivity index (χ1v) is 6.48. The van der Waals surface area contributed by atoms with Crippen molar-refractivity contribution in [2.75, 3.05) is 6.61 Å². The lowest BCUT2D eigenvalue weighted by Crippen LogP contribution is -2.41. The highest BCUT2D eigenvalue weighted by Gasteiger charge is 2.18. The summed E-state index contributed by atoms with van der Waals surface area (Å²) in [6.07, 6.45) is 0.929. The number of carbonyl (C=O) groups is 1. The maximum absolute atomic E-state index is 12.1. The Bertz CT molecular complexity index is 415. The number of nitrogens with one attached hydrogen (secondary N) is 1. The first-order chi connectivity index (χ1) is 8.49. The number of carbonyl (C=O) groups excluding carboxylic acids is 1. The monoisotopic (exact) mass is 249 g/mol. The van der Waals surface area contributed by atoms with E-state index in [1.54, 1.807) is 0 Å². The van der Waals surface area contributed by atoms with E-state index in [0.29, 0.717) is 5.56 Å². The van der Waals surface area contributed by atoms with Crippen molar-refractivity contribution in [1.82, 2.24) is 5.32 Å². The van der Waals surface area contributed by atoms with Gasteiger partial charge in [-0.2, -0.15) is 0 Å². The predicted molar refractivity (Wildman–Crippen MR) is 73.7 cm³/mol. The lowest BCUT2D eigenvalue weighted by Gasteiger charge is -2.22. The molecule has 18 heavy (non-hydrogen) atoms. The van der Waals surface area contributed by atoms with Gasteiger partial charge in [0.25, 0.3) is 5.91 Å². The second kappa shape index (κ2) is 6.55. The summed E-state index contributed by atoms with van der Waals surface area (Å²) in [5, 5.41) is 12.2. The van der Waals surface area contributed by atoms with E-state index in [4.69, 9.17) is 0 Å². The van der Waals surface area contributed by atoms with Gasteiger partial charge in [-0.1, -0.05) is 26.3 Å². The summed E-state index contributed by atoms with van der Waals surface area (Å²) in [5.74, 6) is 0.156. The molecule has 0 aliphatic carbocycles. The van der Waals surface area contributed by atoms with Crippen LogP contribution in [0.3, 0.4) is 0 Å². The van der Waals surface area contributed by atoms with Gasteiger partial charge in [0.1, 0.15) is 0 Å². The van der Waals surface area contributed by atoms with Crippen LogP contribution in [0.25, 0.3) is 0 Å². The second-order valence-electron chi connectivity index (χ2n) is 4.95. The molecule has 0 saturated carbocycles. The third kappa shape index (κ3) is 3.57. The zero-order valence-corrected chi connectivity index (χ0v) is 11.7. The summed E-state index contributed by atoms with van der Waals surface area (Å²) in [4.78, 5) is 12.1. The molecule has 2 atom stereocenters. The van der Waals surface area contributed by atoms with E-state index in [-0.39, 0.29) is 24.5 Å². The molecule has 100 valence electrons. The van der Waals surface area contributed by atoms with Crippen LogP contribution in [0.4, 0.5) is 0 Å². The minimum atomic E-state index is -0.177. The molecule has 3 heteroatoms. The second-order valence-corrected chi connectivity index (χ2v) is 4.95.